The number of hydrogen-bond donors (Lipinski definition) is 2. The van der Waals surface area contributed by atoms with Gasteiger partial charge in [0.1, 0.15) is 17.8 Å². The van der Waals surface area contributed by atoms with Gasteiger partial charge in [0.2, 0.25) is 0 Å². The van der Waals surface area contributed by atoms with Gasteiger partial charge in [0.25, 0.3) is 0 Å². The number of nitrogens with zero attached hydrogens (tertiary/aromatic N) is 2. The maximum atomic E-state index is 12.9. The Balaban J connectivity index is 1.78. The average molecular weight is 446 g/mol. The zero-order valence-electron chi connectivity index (χ0n) is 18.7. The van der Waals surface area contributed by atoms with E-state index in [9.17, 15) is 9.50 Å². The Labute approximate surface area is 188 Å². The van der Waals surface area contributed by atoms with E-state index in [-0.39, 0.29) is 11.9 Å². The quantitative estimate of drug-likeness (QED) is 0.600. The number of aryl methyl sites for hydroxylation is 2. The molecule has 1 saturated carbocycles. The highest BCUT2D eigenvalue weighted by Gasteiger charge is 2.43. The molecule has 1 aromatic rings. The third-order valence-corrected chi connectivity index (χ3v) is 6.93. The number of thioether (sulfide) groups is 1. The minimum atomic E-state index is -1.01. The molecule has 1 aromatic carbocycles. The van der Waals surface area contributed by atoms with Crippen LogP contribution in [0.3, 0.4) is 0 Å². The predicted octanol–water partition coefficient (Wildman–Crippen LogP) is 3.99. The van der Waals surface area contributed by atoms with E-state index in [0.717, 1.165) is 34.9 Å². The van der Waals surface area contributed by atoms with Gasteiger partial charge in [-0.2, -0.15) is 5.01 Å². The summed E-state index contributed by atoms with van der Waals surface area (Å²) in [6, 6.07) is 4.26. The van der Waals surface area contributed by atoms with Crippen LogP contribution in [0, 0.1) is 19.8 Å². The second-order valence-corrected chi connectivity index (χ2v) is 9.44. The molecule has 7 heteroatoms. The summed E-state index contributed by atoms with van der Waals surface area (Å²) in [7, 11) is 1.72. The summed E-state index contributed by atoms with van der Waals surface area (Å²) in [5.74, 6) is 1.56. The molecule has 4 rings (SSSR count). The van der Waals surface area contributed by atoms with E-state index in [1.807, 2.05) is 0 Å². The number of rotatable bonds is 9. The molecular weight excluding hydrogens is 413 g/mol. The number of aliphatic hydroxyl groups is 1. The largest absolute Gasteiger partial charge is 0.496 e. The molecule has 31 heavy (non-hydrogen) atoms. The molecule has 0 bridgehead atoms. The van der Waals surface area contributed by atoms with E-state index in [4.69, 9.17) is 4.74 Å². The fourth-order valence-electron chi connectivity index (χ4n) is 4.41. The van der Waals surface area contributed by atoms with Gasteiger partial charge in [-0.05, 0) is 68.2 Å². The molecule has 1 fully saturated rings. The predicted molar refractivity (Wildman–Crippen MR) is 125 cm³/mol. The summed E-state index contributed by atoms with van der Waals surface area (Å²) in [5.41, 5.74) is 6.56. The number of fused-ring (bicyclic) bond motifs is 1. The lowest BCUT2D eigenvalue weighted by Crippen LogP contribution is -2.43. The monoisotopic (exact) mass is 445 g/mol. The first kappa shape index (κ1) is 22.2. The van der Waals surface area contributed by atoms with Crippen molar-refractivity contribution in [2.24, 2.45) is 5.92 Å². The number of halogens is 1. The van der Waals surface area contributed by atoms with Gasteiger partial charge in [0.05, 0.1) is 30.3 Å². The number of methoxy groups -OCH3 is 1. The Morgan fingerprint density at radius 1 is 1.32 bits per heavy atom. The van der Waals surface area contributed by atoms with Crippen LogP contribution >= 0.6 is 11.8 Å². The van der Waals surface area contributed by atoms with Crippen molar-refractivity contribution in [3.05, 3.63) is 58.4 Å². The number of aliphatic hydroxyl groups excluding tert-OH is 1. The molecule has 2 aliphatic heterocycles. The van der Waals surface area contributed by atoms with Crippen LogP contribution in [-0.4, -0.2) is 59.7 Å². The van der Waals surface area contributed by atoms with Gasteiger partial charge >= 0.3 is 0 Å². The van der Waals surface area contributed by atoms with E-state index < -0.39 is 12.8 Å². The highest BCUT2D eigenvalue weighted by molar-refractivity contribution is 7.99. The topological polar surface area (TPSA) is 48.0 Å². The summed E-state index contributed by atoms with van der Waals surface area (Å²) >= 11 is 1.75. The number of allylic oxidation sites excluding steroid dienone is 3. The van der Waals surface area contributed by atoms with Crippen LogP contribution in [0.1, 0.15) is 29.5 Å². The molecule has 2 unspecified atom stereocenters. The summed E-state index contributed by atoms with van der Waals surface area (Å²) in [5, 5.41) is 18.0. The Bertz CT molecular complexity index is 926. The second-order valence-electron chi connectivity index (χ2n) is 8.52. The number of ether oxygens (including phenoxy) is 1. The average Bonchev–Trinajstić information content (AvgIpc) is 3.53. The van der Waals surface area contributed by atoms with Gasteiger partial charge in [0, 0.05) is 18.7 Å². The molecular formula is C24H32FN3O2S. The molecule has 3 aliphatic rings. The summed E-state index contributed by atoms with van der Waals surface area (Å²) in [6.45, 7) is 4.60. The number of hydrogen-bond acceptors (Lipinski definition) is 6. The fraction of sp³-hybridized carbons (Fsp3) is 0.500. The van der Waals surface area contributed by atoms with Crippen molar-refractivity contribution in [3.63, 3.8) is 0 Å². The van der Waals surface area contributed by atoms with Crippen molar-refractivity contribution in [2.45, 2.75) is 38.2 Å². The first-order chi connectivity index (χ1) is 15.0. The lowest BCUT2D eigenvalue weighted by Gasteiger charge is -2.38. The van der Waals surface area contributed by atoms with Crippen molar-refractivity contribution >= 4 is 17.5 Å². The van der Waals surface area contributed by atoms with E-state index in [1.54, 1.807) is 18.9 Å². The van der Waals surface area contributed by atoms with Gasteiger partial charge in [0.15, 0.2) is 0 Å². The number of benzene rings is 1. The molecule has 0 radical (unpaired) electrons. The molecule has 2 atom stereocenters. The summed E-state index contributed by atoms with van der Waals surface area (Å²) in [6.07, 6.45) is 9.90. The summed E-state index contributed by atoms with van der Waals surface area (Å²) in [4.78, 5) is 0. The van der Waals surface area contributed by atoms with Gasteiger partial charge in [-0.1, -0.05) is 12.1 Å². The summed E-state index contributed by atoms with van der Waals surface area (Å²) < 4.78 is 18.7. The van der Waals surface area contributed by atoms with E-state index in [0.29, 0.717) is 5.92 Å². The number of hydrazine groups is 1. The molecule has 0 amide bonds. The first-order valence-electron chi connectivity index (χ1n) is 10.8. The van der Waals surface area contributed by atoms with Gasteiger partial charge in [-0.15, -0.1) is 11.8 Å². The zero-order chi connectivity index (χ0) is 22.1. The smallest absolute Gasteiger partial charge is 0.128 e. The minimum absolute atomic E-state index is 0.0744. The molecule has 0 aromatic heterocycles. The molecule has 2 N–H and O–H groups in total. The third-order valence-electron chi connectivity index (χ3n) is 6.01. The van der Waals surface area contributed by atoms with Gasteiger partial charge in [-0.25, -0.2) is 4.39 Å². The lowest BCUT2D eigenvalue weighted by atomic mass is 9.99. The minimum Gasteiger partial charge on any atom is -0.496 e. The number of alkyl halides is 1. The van der Waals surface area contributed by atoms with Crippen molar-refractivity contribution in [1.29, 1.82) is 0 Å². The second kappa shape index (κ2) is 9.27. The normalized spacial score (nSPS) is 21.9. The Morgan fingerprint density at radius 3 is 2.74 bits per heavy atom. The van der Waals surface area contributed by atoms with Crippen LogP contribution in [0.15, 0.2) is 41.8 Å². The molecule has 168 valence electrons. The van der Waals surface area contributed by atoms with Crippen LogP contribution in [0.4, 0.5) is 4.39 Å². The highest BCUT2D eigenvalue weighted by Crippen LogP contribution is 2.46. The van der Waals surface area contributed by atoms with Crippen molar-refractivity contribution < 1.29 is 14.2 Å². The third kappa shape index (κ3) is 4.36. The van der Waals surface area contributed by atoms with Crippen molar-refractivity contribution in [2.75, 3.05) is 33.1 Å². The zero-order valence-corrected chi connectivity index (χ0v) is 19.5. The number of nitrogens with one attached hydrogen (secondary N) is 1. The maximum absolute atomic E-state index is 12.9. The van der Waals surface area contributed by atoms with E-state index in [2.05, 4.69) is 65.8 Å². The molecule has 0 spiro atoms. The SMILES string of the molecule is COc1cc(C)cc(C)c1C1=CC=CC2=C(NCC(O)CF)C(SC)N(CC3CC3)N12. The van der Waals surface area contributed by atoms with Crippen LogP contribution in [0.2, 0.25) is 0 Å². The van der Waals surface area contributed by atoms with Crippen molar-refractivity contribution in [1.82, 2.24) is 15.3 Å². The first-order valence-corrected chi connectivity index (χ1v) is 12.1. The van der Waals surface area contributed by atoms with Gasteiger partial charge < -0.3 is 15.2 Å². The molecule has 2 heterocycles. The Hall–Kier alpha value is -1.96. The Morgan fingerprint density at radius 2 is 2.10 bits per heavy atom. The standard InChI is InChI=1S/C24H32FN3O2S/c1-15-10-16(2)22(21(11-15)30-3)19-6-5-7-20-23(26-13-18(29)12-25)24(31-4)27(28(19)20)14-17-8-9-17/h5-7,10-11,17-18,24,26,29H,8-9,12-14H2,1-4H3. The maximum Gasteiger partial charge on any atom is 0.128 e. The molecule has 0 saturated heterocycles. The van der Waals surface area contributed by atoms with Crippen molar-refractivity contribution in [3.8, 4) is 5.75 Å². The van der Waals surface area contributed by atoms with Crippen LogP contribution in [0.25, 0.3) is 5.70 Å². The molecule has 5 nitrogen and oxygen atoms in total. The van der Waals surface area contributed by atoms with E-state index >= 15 is 0 Å². The molecule has 1 aliphatic carbocycles. The van der Waals surface area contributed by atoms with Crippen LogP contribution in [0.5, 0.6) is 5.75 Å². The fourth-order valence-corrected chi connectivity index (χ4v) is 5.28. The van der Waals surface area contributed by atoms with Crippen LogP contribution in [-0.2, 0) is 0 Å². The lowest BCUT2D eigenvalue weighted by molar-refractivity contribution is 0.0852. The van der Waals surface area contributed by atoms with Crippen LogP contribution < -0.4 is 10.1 Å². The highest BCUT2D eigenvalue weighted by atomic mass is 32.2. The Kier molecular flexibility index (Phi) is 6.65. The van der Waals surface area contributed by atoms with Gasteiger partial charge in [-0.3, -0.25) is 5.01 Å². The van der Waals surface area contributed by atoms with E-state index in [1.165, 1.54) is 24.0 Å².